The van der Waals surface area contributed by atoms with Crippen molar-refractivity contribution in [2.24, 2.45) is 7.05 Å². The van der Waals surface area contributed by atoms with Crippen LogP contribution in [0.2, 0.25) is 0 Å². The van der Waals surface area contributed by atoms with Crippen molar-refractivity contribution < 1.29 is 9.53 Å². The number of carbonyl (C=O) groups is 1. The number of hydrogen-bond acceptors (Lipinski definition) is 5. The van der Waals surface area contributed by atoms with E-state index < -0.39 is 0 Å². The predicted molar refractivity (Wildman–Crippen MR) is 110 cm³/mol. The summed E-state index contributed by atoms with van der Waals surface area (Å²) < 4.78 is 8.10. The van der Waals surface area contributed by atoms with Gasteiger partial charge in [-0.25, -0.2) is 9.97 Å². The third-order valence-corrected chi connectivity index (χ3v) is 5.51. The maximum atomic E-state index is 11.9. The van der Waals surface area contributed by atoms with Crippen LogP contribution in [-0.4, -0.2) is 54.5 Å². The van der Waals surface area contributed by atoms with Gasteiger partial charge < -0.3 is 19.2 Å². The molecule has 1 aliphatic rings. The maximum Gasteiger partial charge on any atom is 0.245 e. The lowest BCUT2D eigenvalue weighted by atomic mass is 10.1. The summed E-state index contributed by atoms with van der Waals surface area (Å²) in [5.41, 5.74) is 3.41. The Kier molecular flexibility index (Phi) is 4.19. The second kappa shape index (κ2) is 6.88. The number of ether oxygens (including phenoxy) is 1. The standard InChI is InChI=1S/C21H22N6O2/c1-3-17(28)27-9-7-15(11-27)29-21-18-20(23-12-24-21)26(2)19(25-18)14-5-4-13-6-8-22-16(13)10-14/h4-6,8,10,12,15,22H,3,7,9,11H2,1-2H3/t15-/m0/s1. The molecule has 29 heavy (non-hydrogen) atoms. The van der Waals surface area contributed by atoms with E-state index in [2.05, 4.69) is 33.2 Å². The van der Waals surface area contributed by atoms with Crippen LogP contribution in [0.1, 0.15) is 19.8 Å². The van der Waals surface area contributed by atoms with Gasteiger partial charge in [0.2, 0.25) is 11.8 Å². The van der Waals surface area contributed by atoms with Crippen molar-refractivity contribution in [3.05, 3.63) is 36.8 Å². The van der Waals surface area contributed by atoms with Crippen LogP contribution in [0, 0.1) is 0 Å². The average molecular weight is 390 g/mol. The average Bonchev–Trinajstić information content (AvgIpc) is 3.46. The predicted octanol–water partition coefficient (Wildman–Crippen LogP) is 2.90. The Hall–Kier alpha value is -3.42. The van der Waals surface area contributed by atoms with E-state index >= 15 is 0 Å². The van der Waals surface area contributed by atoms with Crippen molar-refractivity contribution in [1.82, 2.24) is 29.4 Å². The second-order valence-corrected chi connectivity index (χ2v) is 7.35. The number of imidazole rings is 1. The summed E-state index contributed by atoms with van der Waals surface area (Å²) in [6.45, 7) is 3.18. The third kappa shape index (κ3) is 3.00. The fourth-order valence-corrected chi connectivity index (χ4v) is 3.94. The van der Waals surface area contributed by atoms with Gasteiger partial charge in [0, 0.05) is 43.7 Å². The molecule has 1 aromatic carbocycles. The van der Waals surface area contributed by atoms with E-state index in [-0.39, 0.29) is 12.0 Å². The van der Waals surface area contributed by atoms with Crippen molar-refractivity contribution in [3.8, 4) is 17.3 Å². The molecule has 0 spiro atoms. The Balaban J connectivity index is 1.48. The number of nitrogens with zero attached hydrogens (tertiary/aromatic N) is 5. The number of H-pyrrole nitrogens is 1. The molecule has 8 nitrogen and oxygen atoms in total. The van der Waals surface area contributed by atoms with Crippen LogP contribution < -0.4 is 4.74 Å². The van der Waals surface area contributed by atoms with Crippen LogP contribution in [0.15, 0.2) is 36.8 Å². The molecule has 3 aromatic heterocycles. The Labute approximate surface area is 167 Å². The van der Waals surface area contributed by atoms with Crippen molar-refractivity contribution in [2.45, 2.75) is 25.9 Å². The van der Waals surface area contributed by atoms with Gasteiger partial charge >= 0.3 is 0 Å². The Morgan fingerprint density at radius 2 is 2.21 bits per heavy atom. The first-order valence-electron chi connectivity index (χ1n) is 9.83. The molecule has 4 heterocycles. The second-order valence-electron chi connectivity index (χ2n) is 7.35. The van der Waals surface area contributed by atoms with Crippen LogP contribution in [0.5, 0.6) is 5.88 Å². The molecular formula is C21H22N6O2. The number of nitrogens with one attached hydrogen (secondary N) is 1. The highest BCUT2D eigenvalue weighted by molar-refractivity contribution is 5.86. The highest BCUT2D eigenvalue weighted by Crippen LogP contribution is 2.29. The first-order valence-corrected chi connectivity index (χ1v) is 9.83. The first-order chi connectivity index (χ1) is 14.1. The van der Waals surface area contributed by atoms with E-state index in [1.807, 2.05) is 35.7 Å². The third-order valence-electron chi connectivity index (χ3n) is 5.51. The lowest BCUT2D eigenvalue weighted by Gasteiger charge is -2.16. The van der Waals surface area contributed by atoms with E-state index in [9.17, 15) is 4.79 Å². The van der Waals surface area contributed by atoms with Crippen LogP contribution in [-0.2, 0) is 11.8 Å². The molecule has 1 aliphatic heterocycles. The van der Waals surface area contributed by atoms with Gasteiger partial charge in [0.25, 0.3) is 0 Å². The number of likely N-dealkylation sites (tertiary alicyclic amines) is 1. The highest BCUT2D eigenvalue weighted by Gasteiger charge is 2.28. The lowest BCUT2D eigenvalue weighted by Crippen LogP contribution is -2.30. The molecule has 0 radical (unpaired) electrons. The molecule has 1 amide bonds. The normalized spacial score (nSPS) is 16.8. The molecule has 1 saturated heterocycles. The SMILES string of the molecule is CCC(=O)N1CC[C@H](Oc2ncnc3c2nc(-c2ccc4cc[nH]c4c2)n3C)C1. The summed E-state index contributed by atoms with van der Waals surface area (Å²) in [6, 6.07) is 8.24. The topological polar surface area (TPSA) is 88.9 Å². The number of carbonyl (C=O) groups excluding carboxylic acids is 1. The number of benzene rings is 1. The monoisotopic (exact) mass is 390 g/mol. The van der Waals surface area contributed by atoms with Crippen molar-refractivity contribution in [2.75, 3.05) is 13.1 Å². The first kappa shape index (κ1) is 17.7. The van der Waals surface area contributed by atoms with Crippen LogP contribution in [0.4, 0.5) is 0 Å². The summed E-state index contributed by atoms with van der Waals surface area (Å²) in [5, 5.41) is 1.16. The molecular weight excluding hydrogens is 368 g/mol. The zero-order valence-corrected chi connectivity index (χ0v) is 16.4. The van der Waals surface area contributed by atoms with Gasteiger partial charge in [-0.1, -0.05) is 19.1 Å². The van der Waals surface area contributed by atoms with Crippen LogP contribution in [0.25, 0.3) is 33.5 Å². The molecule has 0 unspecified atom stereocenters. The van der Waals surface area contributed by atoms with Crippen molar-refractivity contribution in [3.63, 3.8) is 0 Å². The molecule has 4 aromatic rings. The van der Waals surface area contributed by atoms with E-state index in [1.54, 1.807) is 0 Å². The number of aryl methyl sites for hydroxylation is 1. The fraction of sp³-hybridized carbons (Fsp3) is 0.333. The molecule has 0 bridgehead atoms. The smallest absolute Gasteiger partial charge is 0.245 e. The summed E-state index contributed by atoms with van der Waals surface area (Å²) in [4.78, 5) is 30.6. The van der Waals surface area contributed by atoms with Gasteiger partial charge in [-0.2, -0.15) is 4.98 Å². The molecule has 5 rings (SSSR count). The Morgan fingerprint density at radius 3 is 3.07 bits per heavy atom. The number of fused-ring (bicyclic) bond motifs is 2. The van der Waals surface area contributed by atoms with Crippen LogP contribution in [0.3, 0.4) is 0 Å². The fourth-order valence-electron chi connectivity index (χ4n) is 3.94. The Morgan fingerprint density at radius 1 is 1.31 bits per heavy atom. The molecule has 0 aliphatic carbocycles. The molecule has 0 saturated carbocycles. The molecule has 1 N–H and O–H groups in total. The van der Waals surface area contributed by atoms with Gasteiger partial charge in [-0.05, 0) is 17.5 Å². The highest BCUT2D eigenvalue weighted by atomic mass is 16.5. The molecule has 8 heteroatoms. The van der Waals surface area contributed by atoms with E-state index in [4.69, 9.17) is 9.72 Å². The molecule has 148 valence electrons. The zero-order chi connectivity index (χ0) is 20.0. The Bertz CT molecular complexity index is 1210. The van der Waals surface area contributed by atoms with E-state index in [0.717, 1.165) is 40.9 Å². The molecule has 1 atom stereocenters. The molecule has 1 fully saturated rings. The van der Waals surface area contributed by atoms with Gasteiger partial charge in [0.05, 0.1) is 6.54 Å². The quantitative estimate of drug-likeness (QED) is 0.579. The van der Waals surface area contributed by atoms with Crippen molar-refractivity contribution in [1.29, 1.82) is 0 Å². The van der Waals surface area contributed by atoms with Crippen LogP contribution >= 0.6 is 0 Å². The number of rotatable bonds is 4. The lowest BCUT2D eigenvalue weighted by molar-refractivity contribution is -0.130. The summed E-state index contributed by atoms with van der Waals surface area (Å²) >= 11 is 0. The summed E-state index contributed by atoms with van der Waals surface area (Å²) in [5.74, 6) is 1.42. The number of aromatic nitrogens is 5. The van der Waals surface area contributed by atoms with Gasteiger partial charge in [0.1, 0.15) is 18.3 Å². The number of amides is 1. The summed E-state index contributed by atoms with van der Waals surface area (Å²) in [7, 11) is 1.94. The minimum Gasteiger partial charge on any atom is -0.471 e. The van der Waals surface area contributed by atoms with Crippen molar-refractivity contribution >= 4 is 28.0 Å². The van der Waals surface area contributed by atoms with Gasteiger partial charge in [-0.3, -0.25) is 4.79 Å². The summed E-state index contributed by atoms with van der Waals surface area (Å²) in [6.07, 6.45) is 4.65. The zero-order valence-electron chi connectivity index (χ0n) is 16.4. The number of hydrogen-bond donors (Lipinski definition) is 1. The maximum absolute atomic E-state index is 11.9. The minimum atomic E-state index is -0.0793. The van der Waals surface area contributed by atoms with Gasteiger partial charge in [-0.15, -0.1) is 0 Å². The van der Waals surface area contributed by atoms with E-state index in [0.29, 0.717) is 24.4 Å². The largest absolute Gasteiger partial charge is 0.471 e. The van der Waals surface area contributed by atoms with E-state index in [1.165, 1.54) is 6.33 Å². The van der Waals surface area contributed by atoms with Gasteiger partial charge in [0.15, 0.2) is 11.2 Å². The number of aromatic amines is 1. The minimum absolute atomic E-state index is 0.0793.